The smallest absolute Gasteiger partial charge is 0.315 e. The minimum absolute atomic E-state index is 0.167. The highest BCUT2D eigenvalue weighted by atomic mass is 16.5. The maximum absolute atomic E-state index is 11.8. The van der Waals surface area contributed by atoms with Crippen LogP contribution in [0.3, 0.4) is 0 Å². The van der Waals surface area contributed by atoms with Gasteiger partial charge in [0.1, 0.15) is 11.5 Å². The van der Waals surface area contributed by atoms with Gasteiger partial charge in [-0.25, -0.2) is 0 Å². The Morgan fingerprint density at radius 1 is 1.15 bits per heavy atom. The molecule has 0 aliphatic carbocycles. The Morgan fingerprint density at radius 2 is 1.90 bits per heavy atom. The molecule has 4 nitrogen and oxygen atoms in total. The maximum atomic E-state index is 11.8. The fourth-order valence-corrected chi connectivity index (χ4v) is 1.71. The first-order valence-electron chi connectivity index (χ1n) is 6.05. The molecule has 0 saturated carbocycles. The summed E-state index contributed by atoms with van der Waals surface area (Å²) in [6, 6.07) is 15.7. The van der Waals surface area contributed by atoms with Gasteiger partial charge in [-0.3, -0.25) is 4.79 Å². The van der Waals surface area contributed by atoms with Gasteiger partial charge in [-0.05, 0) is 35.9 Å². The van der Waals surface area contributed by atoms with E-state index in [9.17, 15) is 4.79 Å². The molecule has 100 valence electrons. The highest BCUT2D eigenvalue weighted by Crippen LogP contribution is 2.15. The van der Waals surface area contributed by atoms with E-state index in [1.54, 1.807) is 37.4 Å². The predicted octanol–water partition coefficient (Wildman–Crippen LogP) is 2.71. The molecule has 0 aromatic heterocycles. The maximum Gasteiger partial charge on any atom is 0.315 e. The minimum atomic E-state index is -0.370. The van der Waals surface area contributed by atoms with Crippen LogP contribution in [0.2, 0.25) is 0 Å². The first-order chi connectivity index (χ1) is 9.71. The summed E-state index contributed by atoms with van der Waals surface area (Å²) in [5.74, 6) is 0.747. The van der Waals surface area contributed by atoms with Crippen molar-refractivity contribution < 1.29 is 14.3 Å². The fourth-order valence-electron chi connectivity index (χ4n) is 1.71. The average molecular weight is 267 g/mol. The predicted molar refractivity (Wildman–Crippen MR) is 73.5 cm³/mol. The van der Waals surface area contributed by atoms with E-state index in [0.717, 1.165) is 11.3 Å². The van der Waals surface area contributed by atoms with Gasteiger partial charge in [0.05, 0.1) is 25.2 Å². The second kappa shape index (κ2) is 6.39. The van der Waals surface area contributed by atoms with Crippen molar-refractivity contribution in [2.75, 3.05) is 7.11 Å². The number of methoxy groups -OCH3 is 1. The first-order valence-corrected chi connectivity index (χ1v) is 6.05. The quantitative estimate of drug-likeness (QED) is 0.631. The molecular formula is C16H13NO3. The monoisotopic (exact) mass is 267 g/mol. The number of rotatable bonds is 4. The van der Waals surface area contributed by atoms with E-state index < -0.39 is 0 Å². The van der Waals surface area contributed by atoms with Crippen LogP contribution in [0.5, 0.6) is 11.5 Å². The number of carbonyl (C=O) groups is 1. The highest BCUT2D eigenvalue weighted by Gasteiger charge is 2.07. The highest BCUT2D eigenvalue weighted by molar-refractivity contribution is 5.75. The number of carbonyl (C=O) groups excluding carboxylic acids is 1. The van der Waals surface area contributed by atoms with Crippen LogP contribution in [0.4, 0.5) is 0 Å². The van der Waals surface area contributed by atoms with Gasteiger partial charge in [0.25, 0.3) is 0 Å². The molecule has 0 radical (unpaired) electrons. The van der Waals surface area contributed by atoms with Crippen molar-refractivity contribution >= 4 is 5.97 Å². The van der Waals surface area contributed by atoms with E-state index >= 15 is 0 Å². The molecule has 4 heteroatoms. The van der Waals surface area contributed by atoms with Crippen LogP contribution in [0, 0.1) is 11.3 Å². The summed E-state index contributed by atoms with van der Waals surface area (Å²) >= 11 is 0. The molecule has 0 heterocycles. The number of hydrogen-bond acceptors (Lipinski definition) is 4. The fraction of sp³-hybridized carbons (Fsp3) is 0.125. The molecule has 0 saturated heterocycles. The SMILES string of the molecule is COc1ccc(CC(=O)Oc2cccc(C#N)c2)cc1. The Hall–Kier alpha value is -2.80. The molecule has 20 heavy (non-hydrogen) atoms. The summed E-state index contributed by atoms with van der Waals surface area (Å²) in [5, 5.41) is 8.78. The van der Waals surface area contributed by atoms with Gasteiger partial charge in [-0.2, -0.15) is 5.26 Å². The Kier molecular flexibility index (Phi) is 4.35. The third-order valence-electron chi connectivity index (χ3n) is 2.70. The summed E-state index contributed by atoms with van der Waals surface area (Å²) in [7, 11) is 1.59. The summed E-state index contributed by atoms with van der Waals surface area (Å²) in [4.78, 5) is 11.8. The zero-order valence-electron chi connectivity index (χ0n) is 11.0. The van der Waals surface area contributed by atoms with Crippen LogP contribution in [-0.4, -0.2) is 13.1 Å². The molecule has 2 aromatic carbocycles. The number of nitriles is 1. The third kappa shape index (κ3) is 3.59. The number of hydrogen-bond donors (Lipinski definition) is 0. The molecule has 2 aromatic rings. The van der Waals surface area contributed by atoms with Gasteiger partial charge in [-0.1, -0.05) is 18.2 Å². The lowest BCUT2D eigenvalue weighted by Crippen LogP contribution is -2.11. The van der Waals surface area contributed by atoms with Gasteiger partial charge in [0.2, 0.25) is 0 Å². The third-order valence-corrected chi connectivity index (χ3v) is 2.70. The molecule has 2 rings (SSSR count). The van der Waals surface area contributed by atoms with Gasteiger partial charge in [0, 0.05) is 0 Å². The van der Waals surface area contributed by atoms with E-state index in [1.807, 2.05) is 18.2 Å². The summed E-state index contributed by atoms with van der Waals surface area (Å²) in [6.07, 6.45) is 0.167. The Morgan fingerprint density at radius 3 is 2.55 bits per heavy atom. The van der Waals surface area contributed by atoms with Crippen LogP contribution >= 0.6 is 0 Å². The molecular weight excluding hydrogens is 254 g/mol. The molecule has 0 spiro atoms. The van der Waals surface area contributed by atoms with Crippen molar-refractivity contribution in [3.63, 3.8) is 0 Å². The molecule has 0 N–H and O–H groups in total. The Bertz CT molecular complexity index is 642. The zero-order valence-corrected chi connectivity index (χ0v) is 11.0. The van der Waals surface area contributed by atoms with Crippen molar-refractivity contribution in [2.45, 2.75) is 6.42 Å². The van der Waals surface area contributed by atoms with Crippen molar-refractivity contribution in [1.82, 2.24) is 0 Å². The van der Waals surface area contributed by atoms with Crippen LogP contribution in [-0.2, 0) is 11.2 Å². The number of benzene rings is 2. The topological polar surface area (TPSA) is 59.3 Å². The normalized spacial score (nSPS) is 9.60. The largest absolute Gasteiger partial charge is 0.497 e. The average Bonchev–Trinajstić information content (AvgIpc) is 2.48. The first kappa shape index (κ1) is 13.6. The van der Waals surface area contributed by atoms with E-state index in [0.29, 0.717) is 11.3 Å². The van der Waals surface area contributed by atoms with Crippen molar-refractivity contribution in [2.24, 2.45) is 0 Å². The molecule has 0 unspecified atom stereocenters. The molecule has 0 atom stereocenters. The number of esters is 1. The molecule has 0 amide bonds. The van der Waals surface area contributed by atoms with Gasteiger partial charge in [0.15, 0.2) is 0 Å². The lowest BCUT2D eigenvalue weighted by atomic mass is 10.1. The van der Waals surface area contributed by atoms with Gasteiger partial charge >= 0.3 is 5.97 Å². The summed E-state index contributed by atoms with van der Waals surface area (Å²) < 4.78 is 10.2. The standard InChI is InChI=1S/C16H13NO3/c1-19-14-7-5-12(6-8-14)10-16(18)20-15-4-2-3-13(9-15)11-17/h2-9H,10H2,1H3. The van der Waals surface area contributed by atoms with Crippen molar-refractivity contribution in [3.8, 4) is 17.6 Å². The molecule has 0 aliphatic rings. The zero-order chi connectivity index (χ0) is 14.4. The van der Waals surface area contributed by atoms with Crippen LogP contribution < -0.4 is 9.47 Å². The second-order valence-corrected chi connectivity index (χ2v) is 4.14. The van der Waals surface area contributed by atoms with Crippen LogP contribution in [0.1, 0.15) is 11.1 Å². The second-order valence-electron chi connectivity index (χ2n) is 4.14. The van der Waals surface area contributed by atoms with E-state index in [-0.39, 0.29) is 12.4 Å². The molecule has 0 bridgehead atoms. The minimum Gasteiger partial charge on any atom is -0.497 e. The summed E-state index contributed by atoms with van der Waals surface area (Å²) in [6.45, 7) is 0. The van der Waals surface area contributed by atoms with Crippen molar-refractivity contribution in [1.29, 1.82) is 5.26 Å². The number of nitrogens with zero attached hydrogens (tertiary/aromatic N) is 1. The van der Waals surface area contributed by atoms with Gasteiger partial charge in [-0.15, -0.1) is 0 Å². The lowest BCUT2D eigenvalue weighted by Gasteiger charge is -2.05. The van der Waals surface area contributed by atoms with Crippen LogP contribution in [0.15, 0.2) is 48.5 Å². The van der Waals surface area contributed by atoms with Gasteiger partial charge < -0.3 is 9.47 Å². The molecule has 0 aliphatic heterocycles. The van der Waals surface area contributed by atoms with E-state index in [4.69, 9.17) is 14.7 Å². The Labute approximate surface area is 117 Å². The Balaban J connectivity index is 1.99. The molecule has 0 fully saturated rings. The number of ether oxygens (including phenoxy) is 2. The summed E-state index contributed by atoms with van der Waals surface area (Å²) in [5.41, 5.74) is 1.30. The van der Waals surface area contributed by atoms with Crippen molar-refractivity contribution in [3.05, 3.63) is 59.7 Å². The lowest BCUT2D eigenvalue weighted by molar-refractivity contribution is -0.133. The van der Waals surface area contributed by atoms with Crippen LogP contribution in [0.25, 0.3) is 0 Å². The van der Waals surface area contributed by atoms with E-state index in [1.165, 1.54) is 6.07 Å². The van der Waals surface area contributed by atoms with E-state index in [2.05, 4.69) is 0 Å².